The second-order valence-corrected chi connectivity index (χ2v) is 7.32. The van der Waals surface area contributed by atoms with Gasteiger partial charge in [0.25, 0.3) is 5.91 Å². The Morgan fingerprint density at radius 2 is 1.85 bits per heavy atom. The van der Waals surface area contributed by atoms with Crippen LogP contribution in [0.2, 0.25) is 0 Å². The van der Waals surface area contributed by atoms with E-state index in [1.54, 1.807) is 12.1 Å². The Morgan fingerprint density at radius 1 is 1.15 bits per heavy atom. The van der Waals surface area contributed by atoms with Crippen LogP contribution in [0.25, 0.3) is 0 Å². The molecule has 6 nitrogen and oxygen atoms in total. The number of hydrogen-bond donors (Lipinski definition) is 1. The molecule has 1 saturated carbocycles. The van der Waals surface area contributed by atoms with Crippen molar-refractivity contribution < 1.29 is 19.1 Å². The Bertz CT molecular complexity index is 668. The summed E-state index contributed by atoms with van der Waals surface area (Å²) < 4.78 is 4.60. The molecule has 0 unspecified atom stereocenters. The van der Waals surface area contributed by atoms with Crippen molar-refractivity contribution in [3.05, 3.63) is 35.9 Å². The summed E-state index contributed by atoms with van der Waals surface area (Å²) in [6.45, 7) is 0.881. The van der Waals surface area contributed by atoms with Crippen molar-refractivity contribution in [1.29, 1.82) is 0 Å². The third-order valence-corrected chi connectivity index (χ3v) is 5.76. The molecule has 1 spiro atoms. The van der Waals surface area contributed by atoms with Crippen LogP contribution in [-0.2, 0) is 14.3 Å². The number of benzene rings is 1. The van der Waals surface area contributed by atoms with E-state index in [1.165, 1.54) is 13.5 Å². The van der Waals surface area contributed by atoms with Gasteiger partial charge in [-0.15, -0.1) is 0 Å². The summed E-state index contributed by atoms with van der Waals surface area (Å²) >= 11 is 0. The van der Waals surface area contributed by atoms with Gasteiger partial charge >= 0.3 is 5.97 Å². The van der Waals surface area contributed by atoms with Crippen LogP contribution < -0.4 is 5.32 Å². The Kier molecular flexibility index (Phi) is 5.59. The number of amides is 2. The Labute approximate surface area is 153 Å². The predicted molar refractivity (Wildman–Crippen MR) is 96.4 cm³/mol. The van der Waals surface area contributed by atoms with Crippen molar-refractivity contribution in [3.63, 3.8) is 0 Å². The lowest BCUT2D eigenvalue weighted by atomic mass is 9.67. The second kappa shape index (κ2) is 7.89. The highest BCUT2D eigenvalue weighted by atomic mass is 16.5. The maximum Gasteiger partial charge on any atom is 0.325 e. The summed E-state index contributed by atoms with van der Waals surface area (Å²) in [5.74, 6) is -0.925. The molecular weight excluding hydrogens is 332 g/mol. The van der Waals surface area contributed by atoms with Crippen molar-refractivity contribution in [2.45, 2.75) is 32.1 Å². The minimum atomic E-state index is -0.466. The van der Waals surface area contributed by atoms with E-state index in [0.717, 1.165) is 25.7 Å². The highest BCUT2D eigenvalue weighted by molar-refractivity contribution is 5.95. The molecule has 2 aliphatic rings. The molecule has 26 heavy (non-hydrogen) atoms. The van der Waals surface area contributed by atoms with Crippen molar-refractivity contribution in [3.8, 4) is 0 Å². The smallest absolute Gasteiger partial charge is 0.325 e. The molecule has 1 aliphatic heterocycles. The van der Waals surface area contributed by atoms with Gasteiger partial charge in [-0.1, -0.05) is 37.5 Å². The highest BCUT2D eigenvalue weighted by Crippen LogP contribution is 2.47. The van der Waals surface area contributed by atoms with E-state index >= 15 is 0 Å². The number of ether oxygens (including phenoxy) is 1. The third kappa shape index (κ3) is 3.74. The van der Waals surface area contributed by atoms with Crippen LogP contribution in [-0.4, -0.2) is 49.4 Å². The van der Waals surface area contributed by atoms with Gasteiger partial charge in [0.1, 0.15) is 6.54 Å². The van der Waals surface area contributed by atoms with Gasteiger partial charge in [-0.2, -0.15) is 0 Å². The fourth-order valence-electron chi connectivity index (χ4n) is 4.37. The largest absolute Gasteiger partial charge is 0.468 e. The standard InChI is InChI=1S/C20H26N2O4/c1-26-17(23)12-21-18(24)16-13-22(14-20(16)10-6-3-7-11-20)19(25)15-8-4-2-5-9-15/h2,4-5,8-9,16H,3,6-7,10-14H2,1H3,(H,21,24)/t16-/m0/s1. The molecule has 140 valence electrons. The lowest BCUT2D eigenvalue weighted by Gasteiger charge is -2.37. The van der Waals surface area contributed by atoms with Crippen molar-refractivity contribution in [2.24, 2.45) is 11.3 Å². The van der Waals surface area contributed by atoms with E-state index in [1.807, 2.05) is 23.1 Å². The van der Waals surface area contributed by atoms with Gasteiger partial charge < -0.3 is 15.0 Å². The SMILES string of the molecule is COC(=O)CNC(=O)[C@@H]1CN(C(=O)c2ccccc2)CC12CCCCC2. The first-order valence-corrected chi connectivity index (χ1v) is 9.24. The van der Waals surface area contributed by atoms with Gasteiger partial charge in [-0.05, 0) is 25.0 Å². The molecule has 0 radical (unpaired) electrons. The molecule has 1 atom stereocenters. The maximum atomic E-state index is 12.9. The maximum absolute atomic E-state index is 12.9. The van der Waals surface area contributed by atoms with Crippen LogP contribution in [0.4, 0.5) is 0 Å². The molecule has 1 saturated heterocycles. The van der Waals surface area contributed by atoms with Crippen LogP contribution in [0, 0.1) is 11.3 Å². The first-order valence-electron chi connectivity index (χ1n) is 9.24. The van der Waals surface area contributed by atoms with E-state index in [-0.39, 0.29) is 29.7 Å². The molecule has 2 fully saturated rings. The molecular formula is C20H26N2O4. The number of rotatable bonds is 4. The minimum Gasteiger partial charge on any atom is -0.468 e. The number of esters is 1. The van der Waals surface area contributed by atoms with Crippen LogP contribution in [0.5, 0.6) is 0 Å². The number of carbonyl (C=O) groups excluding carboxylic acids is 3. The van der Waals surface area contributed by atoms with Crippen LogP contribution in [0.1, 0.15) is 42.5 Å². The molecule has 1 heterocycles. The van der Waals surface area contributed by atoms with E-state index < -0.39 is 5.97 Å². The van der Waals surface area contributed by atoms with Gasteiger partial charge in [-0.3, -0.25) is 14.4 Å². The zero-order valence-electron chi connectivity index (χ0n) is 15.2. The first-order chi connectivity index (χ1) is 12.6. The van der Waals surface area contributed by atoms with Gasteiger partial charge in [0.15, 0.2) is 0 Å². The number of nitrogens with one attached hydrogen (secondary N) is 1. The summed E-state index contributed by atoms with van der Waals surface area (Å²) in [4.78, 5) is 38.8. The number of nitrogens with zero attached hydrogens (tertiary/aromatic N) is 1. The van der Waals surface area contributed by atoms with Gasteiger partial charge in [0.05, 0.1) is 13.0 Å². The molecule has 3 rings (SSSR count). The summed E-state index contributed by atoms with van der Waals surface area (Å²) in [6, 6.07) is 9.19. The van der Waals surface area contributed by atoms with Crippen molar-refractivity contribution >= 4 is 17.8 Å². The number of carbonyl (C=O) groups is 3. The molecule has 0 aromatic heterocycles. The highest BCUT2D eigenvalue weighted by Gasteiger charge is 2.51. The molecule has 1 aromatic rings. The average Bonchev–Trinajstić information content (AvgIpc) is 3.05. The molecule has 2 amide bonds. The normalized spacial score (nSPS) is 21.4. The summed E-state index contributed by atoms with van der Waals surface area (Å²) in [5, 5.41) is 2.69. The lowest BCUT2D eigenvalue weighted by Crippen LogP contribution is -2.44. The molecule has 0 bridgehead atoms. The second-order valence-electron chi connectivity index (χ2n) is 7.32. The van der Waals surface area contributed by atoms with E-state index in [9.17, 15) is 14.4 Å². The quantitative estimate of drug-likeness (QED) is 0.836. The van der Waals surface area contributed by atoms with E-state index in [4.69, 9.17) is 0 Å². The number of hydrogen-bond acceptors (Lipinski definition) is 4. The molecule has 1 N–H and O–H groups in total. The predicted octanol–water partition coefficient (Wildman–Crippen LogP) is 2.00. The molecule has 6 heteroatoms. The Balaban J connectivity index is 1.76. The first kappa shape index (κ1) is 18.4. The molecule has 1 aromatic carbocycles. The zero-order chi connectivity index (χ0) is 18.6. The summed E-state index contributed by atoms with van der Waals surface area (Å²) in [7, 11) is 1.30. The monoisotopic (exact) mass is 358 g/mol. The number of likely N-dealkylation sites (tertiary alicyclic amines) is 1. The minimum absolute atomic E-state index is 0.0289. The van der Waals surface area contributed by atoms with Crippen LogP contribution >= 0.6 is 0 Å². The van der Waals surface area contributed by atoms with Gasteiger partial charge in [0, 0.05) is 24.1 Å². The van der Waals surface area contributed by atoms with Gasteiger partial charge in [0.2, 0.25) is 5.91 Å². The van der Waals surface area contributed by atoms with Crippen molar-refractivity contribution in [1.82, 2.24) is 10.2 Å². The topological polar surface area (TPSA) is 75.7 Å². The third-order valence-electron chi connectivity index (χ3n) is 5.76. The van der Waals surface area contributed by atoms with Gasteiger partial charge in [-0.25, -0.2) is 0 Å². The summed E-state index contributed by atoms with van der Waals surface area (Å²) in [5.41, 5.74) is 0.470. The fourth-order valence-corrected chi connectivity index (χ4v) is 4.37. The Hall–Kier alpha value is -2.37. The zero-order valence-corrected chi connectivity index (χ0v) is 15.2. The van der Waals surface area contributed by atoms with Crippen LogP contribution in [0.3, 0.4) is 0 Å². The van der Waals surface area contributed by atoms with E-state index in [0.29, 0.717) is 18.7 Å². The molecule has 1 aliphatic carbocycles. The lowest BCUT2D eigenvalue weighted by molar-refractivity contribution is -0.142. The number of methoxy groups -OCH3 is 1. The Morgan fingerprint density at radius 3 is 2.50 bits per heavy atom. The van der Waals surface area contributed by atoms with Crippen molar-refractivity contribution in [2.75, 3.05) is 26.7 Å². The van der Waals surface area contributed by atoms with E-state index in [2.05, 4.69) is 10.1 Å². The fraction of sp³-hybridized carbons (Fsp3) is 0.550. The summed E-state index contributed by atoms with van der Waals surface area (Å²) in [6.07, 6.45) is 5.22. The average molecular weight is 358 g/mol. The van der Waals surface area contributed by atoms with Crippen LogP contribution in [0.15, 0.2) is 30.3 Å².